The Bertz CT molecular complexity index is 1450. The molecule has 0 saturated carbocycles. The number of hydrogen-bond acceptors (Lipinski definition) is 7. The molecule has 3 aromatic carbocycles. The smallest absolute Gasteiger partial charge is 0.351 e. The third kappa shape index (κ3) is 12.7. The van der Waals surface area contributed by atoms with Gasteiger partial charge in [0.05, 0.1) is 0 Å². The molecule has 48 heavy (non-hydrogen) atoms. The SMILES string of the molecule is C[Si](C)(C)O[Si](C)(C)O[Si](C)(O[Si](C)(C)O[Si](C)(O[Si](C)(C)O[Si](C)(O[Si](C)(C)C)c1ccccc1)c1ccccc1)c1ccccc1. The second-order valence-corrected chi connectivity index (χ2v) is 46.0. The van der Waals surface area contributed by atoms with Crippen LogP contribution in [0.2, 0.25) is 98.2 Å². The van der Waals surface area contributed by atoms with Crippen molar-refractivity contribution in [1.82, 2.24) is 0 Å². The molecule has 3 atom stereocenters. The lowest BCUT2D eigenvalue weighted by Crippen LogP contribution is -2.69. The highest BCUT2D eigenvalue weighted by Gasteiger charge is 2.54. The molecule has 15 heteroatoms. The van der Waals surface area contributed by atoms with E-state index in [2.05, 4.69) is 147 Å². The molecule has 0 aliphatic carbocycles. The van der Waals surface area contributed by atoms with Crippen LogP contribution in [0.4, 0.5) is 0 Å². The Kier molecular flexibility index (Phi) is 13.3. The monoisotopic (exact) mass is 792 g/mol. The predicted molar refractivity (Wildman–Crippen MR) is 220 cm³/mol. The van der Waals surface area contributed by atoms with Crippen molar-refractivity contribution in [3.8, 4) is 0 Å². The molecule has 0 heterocycles. The fourth-order valence-electron chi connectivity index (χ4n) is 6.37. The molecule has 3 unspecified atom stereocenters. The van der Waals surface area contributed by atoms with Crippen LogP contribution in [0.3, 0.4) is 0 Å². The van der Waals surface area contributed by atoms with Gasteiger partial charge >= 0.3 is 51.4 Å². The van der Waals surface area contributed by atoms with Gasteiger partial charge in [-0.15, -0.1) is 0 Å². The summed E-state index contributed by atoms with van der Waals surface area (Å²) < 4.78 is 49.7. The zero-order chi connectivity index (χ0) is 36.3. The van der Waals surface area contributed by atoms with E-state index >= 15 is 0 Å². The minimum absolute atomic E-state index is 1.04. The summed E-state index contributed by atoms with van der Waals surface area (Å²) in [5.74, 6) is 0. The first-order chi connectivity index (χ1) is 21.8. The van der Waals surface area contributed by atoms with Crippen LogP contribution in [0.1, 0.15) is 0 Å². The Morgan fingerprint density at radius 3 is 0.708 bits per heavy atom. The fraction of sp³-hybridized carbons (Fsp3) is 0.455. The Morgan fingerprint density at radius 1 is 0.271 bits per heavy atom. The lowest BCUT2D eigenvalue weighted by Gasteiger charge is -2.46. The number of rotatable bonds is 17. The van der Waals surface area contributed by atoms with Crippen LogP contribution in [0, 0.1) is 0 Å². The van der Waals surface area contributed by atoms with Crippen LogP contribution in [0.25, 0.3) is 0 Å². The van der Waals surface area contributed by atoms with Gasteiger partial charge in [-0.05, 0) is 114 Å². The Labute approximate surface area is 300 Å². The highest BCUT2D eigenvalue weighted by atomic mass is 28.5. The average molecular weight is 794 g/mol. The van der Waals surface area contributed by atoms with E-state index in [9.17, 15) is 0 Å². The number of benzene rings is 3. The van der Waals surface area contributed by atoms with Crippen molar-refractivity contribution in [1.29, 1.82) is 0 Å². The highest BCUT2D eigenvalue weighted by molar-refractivity contribution is 6.99. The molecule has 3 rings (SSSR count). The molecule has 3 aromatic rings. The quantitative estimate of drug-likeness (QED) is 0.129. The van der Waals surface area contributed by atoms with Gasteiger partial charge < -0.3 is 28.8 Å². The maximum absolute atomic E-state index is 7.31. The Morgan fingerprint density at radius 2 is 0.479 bits per heavy atom. The summed E-state index contributed by atoms with van der Waals surface area (Å²) in [6.07, 6.45) is 0. The first-order valence-electron chi connectivity index (χ1n) is 16.8. The van der Waals surface area contributed by atoms with Gasteiger partial charge in [-0.1, -0.05) is 91.0 Å². The third-order valence-electron chi connectivity index (χ3n) is 7.15. The summed E-state index contributed by atoms with van der Waals surface area (Å²) in [6, 6.07) is 31.0. The topological polar surface area (TPSA) is 64.6 Å². The fourth-order valence-corrected chi connectivity index (χ4v) is 44.2. The summed E-state index contributed by atoms with van der Waals surface area (Å²) in [6.45, 7) is 32.4. The lowest BCUT2D eigenvalue weighted by molar-refractivity contribution is 0.272. The molecule has 0 saturated heterocycles. The van der Waals surface area contributed by atoms with Crippen molar-refractivity contribution >= 4 is 83.6 Å². The first kappa shape index (κ1) is 41.5. The zero-order valence-corrected chi connectivity index (χ0v) is 40.0. The molecule has 7 nitrogen and oxygen atoms in total. The maximum Gasteiger partial charge on any atom is 0.351 e. The Hall–Kier alpha value is -0.885. The van der Waals surface area contributed by atoms with Crippen LogP contribution in [-0.4, -0.2) is 68.0 Å². The summed E-state index contributed by atoms with van der Waals surface area (Å²) in [4.78, 5) is 0. The molecular formula is C33H60O7Si8. The van der Waals surface area contributed by atoms with E-state index in [0.29, 0.717) is 0 Å². The van der Waals surface area contributed by atoms with Crippen molar-refractivity contribution in [3.63, 3.8) is 0 Å². The second-order valence-electron chi connectivity index (χ2n) is 16.1. The summed E-state index contributed by atoms with van der Waals surface area (Å²) in [7, 11) is -21.3. The molecule has 0 N–H and O–H groups in total. The average Bonchev–Trinajstić information content (AvgIpc) is 2.90. The maximum atomic E-state index is 7.31. The normalized spacial score (nSPS) is 17.3. The van der Waals surface area contributed by atoms with E-state index in [1.54, 1.807) is 0 Å². The third-order valence-corrected chi connectivity index (χ3v) is 37.3. The van der Waals surface area contributed by atoms with E-state index < -0.39 is 68.0 Å². The first-order valence-corrected chi connectivity index (χ1v) is 39.1. The molecule has 266 valence electrons. The van der Waals surface area contributed by atoms with Crippen molar-refractivity contribution in [2.24, 2.45) is 0 Å². The van der Waals surface area contributed by atoms with Gasteiger partial charge in [-0.2, -0.15) is 0 Å². The molecule has 0 radical (unpaired) electrons. The minimum atomic E-state index is -3.15. The highest BCUT2D eigenvalue weighted by Crippen LogP contribution is 2.30. The van der Waals surface area contributed by atoms with Crippen molar-refractivity contribution in [2.45, 2.75) is 98.2 Å². The zero-order valence-electron chi connectivity index (χ0n) is 32.0. The van der Waals surface area contributed by atoms with Gasteiger partial charge in [0.1, 0.15) is 0 Å². The van der Waals surface area contributed by atoms with Gasteiger partial charge in [0.15, 0.2) is 16.6 Å². The van der Waals surface area contributed by atoms with Crippen molar-refractivity contribution < 1.29 is 28.8 Å². The van der Waals surface area contributed by atoms with Crippen LogP contribution in [0.15, 0.2) is 91.0 Å². The minimum Gasteiger partial charge on any atom is -0.437 e. The molecule has 0 bridgehead atoms. The van der Waals surface area contributed by atoms with Gasteiger partial charge in [0, 0.05) is 0 Å². The number of hydrogen-bond donors (Lipinski definition) is 0. The Balaban J connectivity index is 2.02. The van der Waals surface area contributed by atoms with Crippen LogP contribution in [-0.2, 0) is 28.8 Å². The van der Waals surface area contributed by atoms with Gasteiger partial charge in [-0.25, -0.2) is 0 Å². The largest absolute Gasteiger partial charge is 0.437 e. The summed E-state index contributed by atoms with van der Waals surface area (Å²) >= 11 is 0. The van der Waals surface area contributed by atoms with E-state index in [4.69, 9.17) is 28.8 Å². The van der Waals surface area contributed by atoms with Crippen molar-refractivity contribution in [3.05, 3.63) is 91.0 Å². The van der Waals surface area contributed by atoms with E-state index in [1.165, 1.54) is 0 Å². The molecule has 0 amide bonds. The summed E-state index contributed by atoms with van der Waals surface area (Å²) in [5, 5.41) is 3.20. The molecule has 0 fully saturated rings. The van der Waals surface area contributed by atoms with Gasteiger partial charge in [0.25, 0.3) is 0 Å². The van der Waals surface area contributed by atoms with Gasteiger partial charge in [0.2, 0.25) is 0 Å². The van der Waals surface area contributed by atoms with E-state index in [0.717, 1.165) is 15.6 Å². The predicted octanol–water partition coefficient (Wildman–Crippen LogP) is 7.82. The summed E-state index contributed by atoms with van der Waals surface area (Å²) in [5.41, 5.74) is 0. The standard InChI is InChI=1S/C33H60O7Si8/c1-41(2,3)34-43(7,8)36-47(14,32-27-21-17-22-28-32)39-45(11,12)40-48(15,33-29-23-18-24-30-33)38-44(9,10)37-46(13,35-42(4,5)6)31-25-19-16-20-26-31/h16-30H,1-15H3. The van der Waals surface area contributed by atoms with E-state index in [1.807, 2.05) is 42.5 Å². The molecular weight excluding hydrogens is 733 g/mol. The lowest BCUT2D eigenvalue weighted by atomic mass is 10.4. The second kappa shape index (κ2) is 15.4. The van der Waals surface area contributed by atoms with Crippen LogP contribution in [0.5, 0.6) is 0 Å². The molecule has 0 aliphatic rings. The molecule has 0 aliphatic heterocycles. The molecule has 0 spiro atoms. The van der Waals surface area contributed by atoms with Crippen molar-refractivity contribution in [2.75, 3.05) is 0 Å². The molecule has 0 aromatic heterocycles. The van der Waals surface area contributed by atoms with Crippen LogP contribution >= 0.6 is 0 Å². The van der Waals surface area contributed by atoms with E-state index in [-0.39, 0.29) is 0 Å². The van der Waals surface area contributed by atoms with Gasteiger partial charge in [-0.3, -0.25) is 0 Å². The van der Waals surface area contributed by atoms with Crippen LogP contribution < -0.4 is 15.6 Å².